The van der Waals surface area contributed by atoms with Gasteiger partial charge in [-0.15, -0.1) is 0 Å². The zero-order valence-corrected chi connectivity index (χ0v) is 18.4. The summed E-state index contributed by atoms with van der Waals surface area (Å²) < 4.78 is 5.67. The molecule has 1 fully saturated rings. The van der Waals surface area contributed by atoms with Crippen molar-refractivity contribution in [1.82, 2.24) is 10.3 Å². The van der Waals surface area contributed by atoms with Crippen LogP contribution in [0.1, 0.15) is 36.8 Å². The molecule has 2 aromatic carbocycles. The van der Waals surface area contributed by atoms with Crippen LogP contribution in [0.3, 0.4) is 0 Å². The van der Waals surface area contributed by atoms with E-state index in [1.54, 1.807) is 12.1 Å². The third-order valence-corrected chi connectivity index (χ3v) is 5.90. The minimum atomic E-state index is -0.0216. The Balaban J connectivity index is 1.15. The highest BCUT2D eigenvalue weighted by atomic mass is 16.5. The van der Waals surface area contributed by atoms with Gasteiger partial charge in [0.2, 0.25) is 5.91 Å². The molecule has 0 bridgehead atoms. The Morgan fingerprint density at radius 1 is 1.09 bits per heavy atom. The topological polar surface area (TPSA) is 74.7 Å². The van der Waals surface area contributed by atoms with Gasteiger partial charge in [-0.1, -0.05) is 30.3 Å². The molecule has 1 amide bonds. The monoisotopic (exact) mass is 433 g/mol. The van der Waals surface area contributed by atoms with Crippen LogP contribution in [0.25, 0.3) is 10.8 Å². The Bertz CT molecular complexity index is 1030. The van der Waals surface area contributed by atoms with Crippen LogP contribution in [0, 0.1) is 0 Å². The molecule has 1 aromatic heterocycles. The minimum Gasteiger partial charge on any atom is -0.508 e. The maximum Gasteiger partial charge on any atom is 0.222 e. The van der Waals surface area contributed by atoms with Crippen molar-refractivity contribution in [3.05, 3.63) is 65.9 Å². The number of aromatic hydroxyl groups is 1. The molecule has 0 spiro atoms. The van der Waals surface area contributed by atoms with Crippen molar-refractivity contribution < 1.29 is 14.6 Å². The number of amides is 1. The summed E-state index contributed by atoms with van der Waals surface area (Å²) in [6, 6.07) is 15.5. The van der Waals surface area contributed by atoms with Crippen LogP contribution in [-0.4, -0.2) is 42.2 Å². The van der Waals surface area contributed by atoms with E-state index in [2.05, 4.69) is 27.3 Å². The highest BCUT2D eigenvalue weighted by Gasteiger charge is 2.11. The van der Waals surface area contributed by atoms with Crippen molar-refractivity contribution >= 4 is 22.5 Å². The number of nitrogens with one attached hydrogen (secondary N) is 1. The third-order valence-electron chi connectivity index (χ3n) is 5.90. The lowest BCUT2D eigenvalue weighted by molar-refractivity contribution is -0.122. The number of nitrogens with zero attached hydrogens (tertiary/aromatic N) is 2. The predicted molar refractivity (Wildman–Crippen MR) is 127 cm³/mol. The van der Waals surface area contributed by atoms with E-state index in [1.807, 2.05) is 30.5 Å². The van der Waals surface area contributed by atoms with Crippen LogP contribution in [0.2, 0.25) is 0 Å². The summed E-state index contributed by atoms with van der Waals surface area (Å²) in [4.78, 5) is 19.0. The molecule has 0 radical (unpaired) electrons. The van der Waals surface area contributed by atoms with Crippen LogP contribution in [0.5, 0.6) is 5.75 Å². The van der Waals surface area contributed by atoms with Crippen molar-refractivity contribution in [2.24, 2.45) is 0 Å². The van der Waals surface area contributed by atoms with Gasteiger partial charge in [0.1, 0.15) is 11.6 Å². The molecule has 6 nitrogen and oxygen atoms in total. The van der Waals surface area contributed by atoms with Gasteiger partial charge in [-0.05, 0) is 65.8 Å². The number of aromatic nitrogens is 1. The normalized spacial score (nSPS) is 13.9. The van der Waals surface area contributed by atoms with Gasteiger partial charge in [-0.25, -0.2) is 4.98 Å². The first-order valence-corrected chi connectivity index (χ1v) is 11.4. The van der Waals surface area contributed by atoms with E-state index in [0.717, 1.165) is 40.8 Å². The number of hydrogen-bond donors (Lipinski definition) is 2. The predicted octanol–water partition coefficient (Wildman–Crippen LogP) is 4.20. The maximum absolute atomic E-state index is 12.1. The number of pyridine rings is 1. The number of benzene rings is 2. The Labute approximate surface area is 189 Å². The fourth-order valence-corrected chi connectivity index (χ4v) is 4.14. The highest BCUT2D eigenvalue weighted by molar-refractivity contribution is 5.87. The number of fused-ring (bicyclic) bond motifs is 1. The lowest BCUT2D eigenvalue weighted by Crippen LogP contribution is -2.30. The van der Waals surface area contributed by atoms with Gasteiger partial charge in [-0.3, -0.25) is 4.79 Å². The summed E-state index contributed by atoms with van der Waals surface area (Å²) in [5, 5.41) is 14.8. The maximum atomic E-state index is 12.1. The standard InChI is InChI=1S/C26H31N3O3/c30-23-9-8-21-5-4-6-22(24(21)17-23)11-13-27-26(31)12-16-32-19-20-7-10-25(28-18-20)29-14-2-1-3-15-29/h4-10,17-18,30H,1-3,11-16,19H2,(H,27,31). The van der Waals surface area contributed by atoms with Gasteiger partial charge < -0.3 is 20.1 Å². The fourth-order valence-electron chi connectivity index (χ4n) is 4.14. The SMILES string of the molecule is O=C(CCOCc1ccc(N2CCCCC2)nc1)NCCc1cccc2ccc(O)cc12. The molecule has 0 atom stereocenters. The second kappa shape index (κ2) is 11.0. The highest BCUT2D eigenvalue weighted by Crippen LogP contribution is 2.23. The largest absolute Gasteiger partial charge is 0.508 e. The molecule has 168 valence electrons. The Morgan fingerprint density at radius 2 is 1.97 bits per heavy atom. The molecular weight excluding hydrogens is 402 g/mol. The number of carbonyl (C=O) groups excluding carboxylic acids is 1. The van der Waals surface area contributed by atoms with E-state index < -0.39 is 0 Å². The van der Waals surface area contributed by atoms with E-state index in [4.69, 9.17) is 4.74 Å². The Kier molecular flexibility index (Phi) is 7.56. The summed E-state index contributed by atoms with van der Waals surface area (Å²) in [5.74, 6) is 1.27. The summed E-state index contributed by atoms with van der Waals surface area (Å²) in [7, 11) is 0. The number of phenols is 1. The van der Waals surface area contributed by atoms with E-state index in [-0.39, 0.29) is 11.7 Å². The van der Waals surface area contributed by atoms with Crippen LogP contribution < -0.4 is 10.2 Å². The summed E-state index contributed by atoms with van der Waals surface area (Å²) >= 11 is 0. The van der Waals surface area contributed by atoms with Gasteiger partial charge in [0, 0.05) is 32.3 Å². The Morgan fingerprint density at radius 3 is 2.78 bits per heavy atom. The number of carbonyl (C=O) groups is 1. The molecule has 4 rings (SSSR count). The minimum absolute atomic E-state index is 0.0216. The van der Waals surface area contributed by atoms with Crippen molar-refractivity contribution in [3.8, 4) is 5.75 Å². The van der Waals surface area contributed by atoms with Gasteiger partial charge in [0.15, 0.2) is 0 Å². The van der Waals surface area contributed by atoms with E-state index in [0.29, 0.717) is 32.6 Å². The number of phenolic OH excluding ortho intramolecular Hbond substituents is 1. The van der Waals surface area contributed by atoms with Crippen LogP contribution in [0.15, 0.2) is 54.7 Å². The zero-order valence-electron chi connectivity index (χ0n) is 18.4. The van der Waals surface area contributed by atoms with Gasteiger partial charge in [-0.2, -0.15) is 0 Å². The third kappa shape index (κ3) is 5.98. The first kappa shape index (κ1) is 22.1. The quantitative estimate of drug-likeness (QED) is 0.495. The van der Waals surface area contributed by atoms with E-state index in [9.17, 15) is 9.90 Å². The average Bonchev–Trinajstić information content (AvgIpc) is 2.83. The second-order valence-corrected chi connectivity index (χ2v) is 8.30. The number of rotatable bonds is 9. The summed E-state index contributed by atoms with van der Waals surface area (Å²) in [6.07, 6.45) is 6.69. The summed E-state index contributed by atoms with van der Waals surface area (Å²) in [5.41, 5.74) is 2.13. The van der Waals surface area contributed by atoms with Crippen molar-refractivity contribution in [2.45, 2.75) is 38.7 Å². The zero-order chi connectivity index (χ0) is 22.2. The van der Waals surface area contributed by atoms with Crippen LogP contribution in [0.4, 0.5) is 5.82 Å². The van der Waals surface area contributed by atoms with Crippen LogP contribution in [-0.2, 0) is 22.6 Å². The van der Waals surface area contributed by atoms with Crippen LogP contribution >= 0.6 is 0 Å². The number of piperidine rings is 1. The first-order chi connectivity index (χ1) is 15.7. The molecule has 1 aliphatic heterocycles. The lowest BCUT2D eigenvalue weighted by atomic mass is 10.0. The van der Waals surface area contributed by atoms with Crippen molar-refractivity contribution in [2.75, 3.05) is 31.1 Å². The molecule has 0 saturated carbocycles. The smallest absolute Gasteiger partial charge is 0.222 e. The van der Waals surface area contributed by atoms with Crippen molar-refractivity contribution in [1.29, 1.82) is 0 Å². The van der Waals surface area contributed by atoms with Crippen molar-refractivity contribution in [3.63, 3.8) is 0 Å². The number of hydrogen-bond acceptors (Lipinski definition) is 5. The van der Waals surface area contributed by atoms with Gasteiger partial charge >= 0.3 is 0 Å². The number of anilines is 1. The molecule has 6 heteroatoms. The molecule has 2 N–H and O–H groups in total. The molecule has 2 heterocycles. The van der Waals surface area contributed by atoms with Gasteiger partial charge in [0.25, 0.3) is 0 Å². The summed E-state index contributed by atoms with van der Waals surface area (Å²) in [6.45, 7) is 3.55. The Hall–Kier alpha value is -3.12. The van der Waals surface area contributed by atoms with Gasteiger partial charge in [0.05, 0.1) is 13.2 Å². The average molecular weight is 434 g/mol. The second-order valence-electron chi connectivity index (χ2n) is 8.30. The lowest BCUT2D eigenvalue weighted by Gasteiger charge is -2.27. The molecule has 1 aliphatic rings. The molecule has 1 saturated heterocycles. The van der Waals surface area contributed by atoms with E-state index >= 15 is 0 Å². The molecule has 3 aromatic rings. The molecule has 0 aliphatic carbocycles. The number of ether oxygens (including phenoxy) is 1. The first-order valence-electron chi connectivity index (χ1n) is 11.4. The van der Waals surface area contributed by atoms with E-state index in [1.165, 1.54) is 19.3 Å². The fraction of sp³-hybridized carbons (Fsp3) is 0.385. The molecule has 0 unspecified atom stereocenters. The molecule has 32 heavy (non-hydrogen) atoms. The molecular formula is C26H31N3O3.